The monoisotopic (exact) mass is 378 g/mol. The van der Waals surface area contributed by atoms with E-state index in [-0.39, 0.29) is 17.9 Å². The normalized spacial score (nSPS) is 18.4. The zero-order valence-electron chi connectivity index (χ0n) is 16.2. The number of methoxy groups -OCH3 is 2. The Bertz CT molecular complexity index is 1010. The number of ether oxygens (including phenoxy) is 2. The Morgan fingerprint density at radius 1 is 1.04 bits per heavy atom. The summed E-state index contributed by atoms with van der Waals surface area (Å²) in [6.07, 6.45) is 2.57. The Morgan fingerprint density at radius 2 is 1.82 bits per heavy atom. The lowest BCUT2D eigenvalue weighted by molar-refractivity contribution is 0.350. The number of rotatable bonds is 4. The standard InChI is InChI=1S/C23H23FN2O2/c1-14-6-5-9-25-22(14)19-11-16-12-20(27-2)21(28-3)13-18(16)23(26-19)15-7-4-8-17(24)10-15/h4-10,12-13,19,23,26H,11H2,1-3H3/t19-,23-/m0/s1. The van der Waals surface area contributed by atoms with Gasteiger partial charge < -0.3 is 9.47 Å². The highest BCUT2D eigenvalue weighted by molar-refractivity contribution is 5.52. The fraction of sp³-hybridized carbons (Fsp3) is 0.261. The lowest BCUT2D eigenvalue weighted by atomic mass is 9.84. The lowest BCUT2D eigenvalue weighted by Crippen LogP contribution is -2.35. The minimum atomic E-state index is -0.252. The van der Waals surface area contributed by atoms with Gasteiger partial charge in [-0.15, -0.1) is 0 Å². The highest BCUT2D eigenvalue weighted by Gasteiger charge is 2.31. The van der Waals surface area contributed by atoms with E-state index in [4.69, 9.17) is 9.47 Å². The van der Waals surface area contributed by atoms with Crippen molar-refractivity contribution in [1.82, 2.24) is 10.3 Å². The van der Waals surface area contributed by atoms with Crippen LogP contribution in [0.5, 0.6) is 11.5 Å². The molecule has 0 bridgehead atoms. The summed E-state index contributed by atoms with van der Waals surface area (Å²) in [5.74, 6) is 1.10. The molecule has 1 aliphatic heterocycles. The molecule has 1 aromatic heterocycles. The Hall–Kier alpha value is -2.92. The van der Waals surface area contributed by atoms with E-state index in [9.17, 15) is 4.39 Å². The molecule has 4 rings (SSSR count). The van der Waals surface area contributed by atoms with Crippen LogP contribution in [-0.4, -0.2) is 19.2 Å². The molecule has 2 aromatic carbocycles. The van der Waals surface area contributed by atoms with Crippen LogP contribution in [0.25, 0.3) is 0 Å². The first kappa shape index (κ1) is 18.4. The quantitative estimate of drug-likeness (QED) is 0.725. The molecule has 0 radical (unpaired) electrons. The molecule has 144 valence electrons. The van der Waals surface area contributed by atoms with Crippen molar-refractivity contribution >= 4 is 0 Å². The van der Waals surface area contributed by atoms with E-state index < -0.39 is 0 Å². The van der Waals surface area contributed by atoms with Crippen molar-refractivity contribution in [3.8, 4) is 11.5 Å². The molecule has 1 aliphatic rings. The molecule has 0 fully saturated rings. The number of aromatic nitrogens is 1. The average molecular weight is 378 g/mol. The molecule has 5 heteroatoms. The van der Waals surface area contributed by atoms with Crippen molar-refractivity contribution in [2.45, 2.75) is 25.4 Å². The second kappa shape index (κ2) is 7.60. The van der Waals surface area contributed by atoms with Gasteiger partial charge in [0, 0.05) is 6.20 Å². The Kier molecular flexibility index (Phi) is 5.01. The molecule has 0 aliphatic carbocycles. The molecule has 3 aromatic rings. The van der Waals surface area contributed by atoms with Gasteiger partial charge in [-0.05, 0) is 65.9 Å². The van der Waals surface area contributed by atoms with Gasteiger partial charge in [-0.25, -0.2) is 4.39 Å². The molecule has 1 N–H and O–H groups in total. The van der Waals surface area contributed by atoms with Crippen molar-refractivity contribution in [2.75, 3.05) is 14.2 Å². The number of pyridine rings is 1. The van der Waals surface area contributed by atoms with Gasteiger partial charge in [0.05, 0.1) is 32.0 Å². The van der Waals surface area contributed by atoms with Crippen LogP contribution in [0, 0.1) is 12.7 Å². The summed E-state index contributed by atoms with van der Waals surface area (Å²) >= 11 is 0. The Balaban J connectivity index is 1.86. The highest BCUT2D eigenvalue weighted by Crippen LogP contribution is 2.41. The van der Waals surface area contributed by atoms with E-state index in [1.165, 1.54) is 6.07 Å². The van der Waals surface area contributed by atoms with Crippen LogP contribution in [0.1, 0.15) is 40.0 Å². The number of hydrogen-bond acceptors (Lipinski definition) is 4. The molecule has 0 spiro atoms. The van der Waals surface area contributed by atoms with Crippen LogP contribution in [0.4, 0.5) is 4.39 Å². The van der Waals surface area contributed by atoms with E-state index in [2.05, 4.69) is 23.3 Å². The van der Waals surface area contributed by atoms with Gasteiger partial charge in [-0.1, -0.05) is 18.2 Å². The molecule has 2 atom stereocenters. The van der Waals surface area contributed by atoms with Crippen molar-refractivity contribution in [1.29, 1.82) is 0 Å². The van der Waals surface area contributed by atoms with Crippen molar-refractivity contribution < 1.29 is 13.9 Å². The van der Waals surface area contributed by atoms with Crippen LogP contribution in [0.3, 0.4) is 0 Å². The van der Waals surface area contributed by atoms with Crippen molar-refractivity contribution in [3.63, 3.8) is 0 Å². The van der Waals surface area contributed by atoms with Gasteiger partial charge in [0.1, 0.15) is 5.82 Å². The van der Waals surface area contributed by atoms with Crippen LogP contribution < -0.4 is 14.8 Å². The Labute approximate surface area is 164 Å². The van der Waals surface area contributed by atoms with Gasteiger partial charge in [0.25, 0.3) is 0 Å². The maximum Gasteiger partial charge on any atom is 0.161 e. The summed E-state index contributed by atoms with van der Waals surface area (Å²) in [7, 11) is 3.26. The van der Waals surface area contributed by atoms with Gasteiger partial charge in [-0.2, -0.15) is 0 Å². The third-order valence-corrected chi connectivity index (χ3v) is 5.31. The second-order valence-corrected chi connectivity index (χ2v) is 7.02. The minimum Gasteiger partial charge on any atom is -0.493 e. The fourth-order valence-corrected chi connectivity index (χ4v) is 3.95. The maximum atomic E-state index is 14.0. The summed E-state index contributed by atoms with van der Waals surface area (Å²) < 4.78 is 25.0. The second-order valence-electron chi connectivity index (χ2n) is 7.02. The number of nitrogens with zero attached hydrogens (tertiary/aromatic N) is 1. The average Bonchev–Trinajstić information content (AvgIpc) is 2.72. The number of nitrogens with one attached hydrogen (secondary N) is 1. The fourth-order valence-electron chi connectivity index (χ4n) is 3.95. The van der Waals surface area contributed by atoms with Gasteiger partial charge in [0.15, 0.2) is 11.5 Å². The maximum absolute atomic E-state index is 14.0. The van der Waals surface area contributed by atoms with Gasteiger partial charge in [0.2, 0.25) is 0 Å². The minimum absolute atomic E-state index is 0.0140. The zero-order chi connectivity index (χ0) is 19.7. The topological polar surface area (TPSA) is 43.4 Å². The van der Waals surface area contributed by atoms with E-state index in [1.807, 2.05) is 30.5 Å². The summed E-state index contributed by atoms with van der Waals surface area (Å²) in [6.45, 7) is 2.06. The molecule has 0 saturated heterocycles. The number of halogens is 1. The molecular formula is C23H23FN2O2. The number of benzene rings is 2. The summed E-state index contributed by atoms with van der Waals surface area (Å²) in [5.41, 5.74) is 5.20. The van der Waals surface area contributed by atoms with Crippen LogP contribution in [-0.2, 0) is 6.42 Å². The smallest absolute Gasteiger partial charge is 0.161 e. The van der Waals surface area contributed by atoms with Crippen molar-refractivity contribution in [3.05, 3.63) is 88.5 Å². The van der Waals surface area contributed by atoms with Crippen LogP contribution in [0.2, 0.25) is 0 Å². The molecule has 28 heavy (non-hydrogen) atoms. The molecular weight excluding hydrogens is 355 g/mol. The zero-order valence-corrected chi connectivity index (χ0v) is 16.2. The molecule has 0 unspecified atom stereocenters. The predicted octanol–water partition coefficient (Wildman–Crippen LogP) is 4.52. The summed E-state index contributed by atoms with van der Waals surface area (Å²) in [6, 6.07) is 14.6. The lowest BCUT2D eigenvalue weighted by Gasteiger charge is -2.34. The number of aryl methyl sites for hydroxylation is 1. The van der Waals surface area contributed by atoms with Crippen LogP contribution in [0.15, 0.2) is 54.7 Å². The summed E-state index contributed by atoms with van der Waals surface area (Å²) in [5, 5.41) is 3.67. The number of hydrogen-bond donors (Lipinski definition) is 1. The number of fused-ring (bicyclic) bond motifs is 1. The van der Waals surface area contributed by atoms with Crippen LogP contribution >= 0.6 is 0 Å². The molecule has 2 heterocycles. The predicted molar refractivity (Wildman–Crippen MR) is 106 cm³/mol. The first-order valence-corrected chi connectivity index (χ1v) is 9.28. The van der Waals surface area contributed by atoms with E-state index in [0.29, 0.717) is 11.5 Å². The molecule has 0 saturated carbocycles. The van der Waals surface area contributed by atoms with Gasteiger partial charge >= 0.3 is 0 Å². The van der Waals surface area contributed by atoms with E-state index in [0.717, 1.165) is 34.4 Å². The first-order valence-electron chi connectivity index (χ1n) is 9.28. The third kappa shape index (κ3) is 3.34. The van der Waals surface area contributed by atoms with E-state index >= 15 is 0 Å². The molecule has 0 amide bonds. The third-order valence-electron chi connectivity index (χ3n) is 5.31. The largest absolute Gasteiger partial charge is 0.493 e. The van der Waals surface area contributed by atoms with Crippen molar-refractivity contribution in [2.24, 2.45) is 0 Å². The Morgan fingerprint density at radius 3 is 2.54 bits per heavy atom. The highest BCUT2D eigenvalue weighted by atomic mass is 19.1. The van der Waals surface area contributed by atoms with E-state index in [1.54, 1.807) is 26.4 Å². The summed E-state index contributed by atoms with van der Waals surface area (Å²) in [4.78, 5) is 4.60. The molecule has 4 nitrogen and oxygen atoms in total. The SMILES string of the molecule is COc1cc2c(cc1OC)[C@H](c1cccc(F)c1)N[C@H](c1ncccc1C)C2. The van der Waals surface area contributed by atoms with Gasteiger partial charge in [-0.3, -0.25) is 10.3 Å². The first-order chi connectivity index (χ1) is 13.6.